The average Bonchev–Trinajstić information content (AvgIpc) is 3.28. The second-order valence-corrected chi connectivity index (χ2v) is 6.98. The van der Waals surface area contributed by atoms with Crippen molar-refractivity contribution in [2.45, 2.75) is 51.2 Å². The fourth-order valence-corrected chi connectivity index (χ4v) is 3.60. The molecule has 1 aromatic heterocycles. The van der Waals surface area contributed by atoms with Crippen molar-refractivity contribution in [1.82, 2.24) is 19.7 Å². The Morgan fingerprint density at radius 1 is 1.12 bits per heavy atom. The topological polar surface area (TPSA) is 34.0 Å². The van der Waals surface area contributed by atoms with Gasteiger partial charge in [-0.1, -0.05) is 18.6 Å². The van der Waals surface area contributed by atoms with E-state index in [-0.39, 0.29) is 6.04 Å². The first-order chi connectivity index (χ1) is 11.7. The van der Waals surface area contributed by atoms with Gasteiger partial charge in [0.05, 0.1) is 6.04 Å². The van der Waals surface area contributed by atoms with Gasteiger partial charge in [0.1, 0.15) is 12.2 Å². The molecule has 24 heavy (non-hydrogen) atoms. The zero-order valence-electron chi connectivity index (χ0n) is 13.7. The highest BCUT2D eigenvalue weighted by atomic mass is 19.2. The lowest BCUT2D eigenvalue weighted by Crippen LogP contribution is -2.35. The number of likely N-dealkylation sites (tertiary alicyclic amines) is 1. The molecule has 6 heteroatoms. The lowest BCUT2D eigenvalue weighted by Gasteiger charge is -2.35. The van der Waals surface area contributed by atoms with E-state index in [1.807, 2.05) is 6.33 Å². The highest BCUT2D eigenvalue weighted by Gasteiger charge is 2.30. The first-order valence-corrected chi connectivity index (χ1v) is 8.77. The number of aromatic nitrogens is 3. The summed E-state index contributed by atoms with van der Waals surface area (Å²) in [4.78, 5) is 2.22. The Morgan fingerprint density at radius 3 is 2.83 bits per heavy atom. The van der Waals surface area contributed by atoms with Gasteiger partial charge >= 0.3 is 0 Å². The summed E-state index contributed by atoms with van der Waals surface area (Å²) in [6.07, 6.45) is 7.55. The predicted molar refractivity (Wildman–Crippen MR) is 86.1 cm³/mol. The lowest BCUT2D eigenvalue weighted by molar-refractivity contribution is 0.128. The first-order valence-electron chi connectivity index (χ1n) is 8.77. The van der Waals surface area contributed by atoms with Gasteiger partial charge in [0.15, 0.2) is 11.6 Å². The standard InChI is InChI=1S/C18H22F2N4/c19-15-5-3-4-14(17(15)20)11-23-9-2-1-6-16(23)18-22-21-12-24(18)10-13-7-8-13/h3-5,12-13,16H,1-2,6-11H2. The van der Waals surface area contributed by atoms with Crippen LogP contribution in [-0.2, 0) is 13.1 Å². The minimum absolute atomic E-state index is 0.127. The smallest absolute Gasteiger partial charge is 0.163 e. The molecule has 1 aliphatic carbocycles. The Labute approximate surface area is 140 Å². The molecular formula is C18H22F2N4. The van der Waals surface area contributed by atoms with Crippen LogP contribution >= 0.6 is 0 Å². The van der Waals surface area contributed by atoms with Crippen LogP contribution in [0, 0.1) is 17.6 Å². The average molecular weight is 332 g/mol. The van der Waals surface area contributed by atoms with Crippen LogP contribution in [-0.4, -0.2) is 26.2 Å². The molecule has 4 rings (SSSR count). The van der Waals surface area contributed by atoms with E-state index in [4.69, 9.17) is 0 Å². The zero-order valence-corrected chi connectivity index (χ0v) is 13.7. The Morgan fingerprint density at radius 2 is 2.00 bits per heavy atom. The summed E-state index contributed by atoms with van der Waals surface area (Å²) in [6.45, 7) is 2.25. The summed E-state index contributed by atoms with van der Waals surface area (Å²) < 4.78 is 29.7. The molecule has 1 aromatic carbocycles. The molecule has 1 atom stereocenters. The number of rotatable bonds is 5. The molecule has 2 aliphatic rings. The molecule has 0 radical (unpaired) electrons. The van der Waals surface area contributed by atoms with Gasteiger partial charge in [-0.2, -0.15) is 0 Å². The summed E-state index contributed by atoms with van der Waals surface area (Å²) in [5.74, 6) is 0.204. The largest absolute Gasteiger partial charge is 0.316 e. The highest BCUT2D eigenvalue weighted by Crippen LogP contribution is 2.35. The summed E-state index contributed by atoms with van der Waals surface area (Å²) in [5.41, 5.74) is 0.412. The Balaban J connectivity index is 1.57. The molecule has 0 amide bonds. The molecule has 1 unspecified atom stereocenters. The number of hydrogen-bond donors (Lipinski definition) is 0. The van der Waals surface area contributed by atoms with Crippen molar-refractivity contribution in [1.29, 1.82) is 0 Å². The first kappa shape index (κ1) is 15.7. The zero-order chi connectivity index (χ0) is 16.5. The number of benzene rings is 1. The fraction of sp³-hybridized carbons (Fsp3) is 0.556. The van der Waals surface area contributed by atoms with E-state index in [9.17, 15) is 8.78 Å². The fourth-order valence-electron chi connectivity index (χ4n) is 3.60. The number of hydrogen-bond acceptors (Lipinski definition) is 3. The summed E-state index contributed by atoms with van der Waals surface area (Å²) >= 11 is 0. The number of nitrogens with zero attached hydrogens (tertiary/aromatic N) is 4. The van der Waals surface area contributed by atoms with Gasteiger partial charge in [0.2, 0.25) is 0 Å². The second-order valence-electron chi connectivity index (χ2n) is 6.98. The molecule has 0 N–H and O–H groups in total. The summed E-state index contributed by atoms with van der Waals surface area (Å²) in [5, 5.41) is 8.46. The number of halogens is 2. The third-order valence-electron chi connectivity index (χ3n) is 5.11. The molecule has 2 heterocycles. The minimum Gasteiger partial charge on any atom is -0.316 e. The molecule has 1 saturated heterocycles. The number of piperidine rings is 1. The monoisotopic (exact) mass is 332 g/mol. The SMILES string of the molecule is Fc1cccc(CN2CCCCC2c2nncn2CC2CC2)c1F. The molecule has 1 saturated carbocycles. The van der Waals surface area contributed by atoms with Crippen molar-refractivity contribution in [3.8, 4) is 0 Å². The summed E-state index contributed by atoms with van der Waals surface area (Å²) in [6, 6.07) is 4.53. The molecule has 0 bridgehead atoms. The van der Waals surface area contributed by atoms with Crippen LogP contribution in [0.1, 0.15) is 49.5 Å². The quantitative estimate of drug-likeness (QED) is 0.837. The van der Waals surface area contributed by atoms with Crippen LogP contribution in [0.5, 0.6) is 0 Å². The van der Waals surface area contributed by atoms with Crippen LogP contribution in [0.2, 0.25) is 0 Å². The molecule has 128 valence electrons. The molecule has 4 nitrogen and oxygen atoms in total. The molecule has 2 fully saturated rings. The minimum atomic E-state index is -0.780. The van der Waals surface area contributed by atoms with E-state index in [0.29, 0.717) is 12.1 Å². The van der Waals surface area contributed by atoms with Crippen LogP contribution in [0.3, 0.4) is 0 Å². The Bertz CT molecular complexity index is 711. The Kier molecular flexibility index (Phi) is 4.31. The van der Waals surface area contributed by atoms with Gasteiger partial charge in [-0.3, -0.25) is 4.90 Å². The van der Waals surface area contributed by atoms with Crippen LogP contribution < -0.4 is 0 Å². The van der Waals surface area contributed by atoms with Crippen molar-refractivity contribution >= 4 is 0 Å². The second kappa shape index (κ2) is 6.59. The van der Waals surface area contributed by atoms with Gasteiger partial charge in [-0.15, -0.1) is 10.2 Å². The van der Waals surface area contributed by atoms with Crippen molar-refractivity contribution < 1.29 is 8.78 Å². The molecule has 1 aliphatic heterocycles. The maximum absolute atomic E-state index is 14.1. The summed E-state index contributed by atoms with van der Waals surface area (Å²) in [7, 11) is 0. The lowest BCUT2D eigenvalue weighted by atomic mass is 10.00. The van der Waals surface area contributed by atoms with Crippen LogP contribution in [0.25, 0.3) is 0 Å². The van der Waals surface area contributed by atoms with Crippen LogP contribution in [0.4, 0.5) is 8.78 Å². The highest BCUT2D eigenvalue weighted by molar-refractivity contribution is 5.19. The molecular weight excluding hydrogens is 310 g/mol. The van der Waals surface area contributed by atoms with Gasteiger partial charge in [0.25, 0.3) is 0 Å². The van der Waals surface area contributed by atoms with E-state index in [2.05, 4.69) is 19.7 Å². The van der Waals surface area contributed by atoms with E-state index in [1.165, 1.54) is 18.9 Å². The van der Waals surface area contributed by atoms with Gasteiger partial charge in [0, 0.05) is 18.7 Å². The maximum Gasteiger partial charge on any atom is 0.163 e. The van der Waals surface area contributed by atoms with Gasteiger partial charge < -0.3 is 4.57 Å². The van der Waals surface area contributed by atoms with Crippen molar-refractivity contribution in [3.05, 3.63) is 47.5 Å². The van der Waals surface area contributed by atoms with E-state index < -0.39 is 11.6 Å². The third-order valence-corrected chi connectivity index (χ3v) is 5.11. The van der Waals surface area contributed by atoms with E-state index in [1.54, 1.807) is 12.1 Å². The van der Waals surface area contributed by atoms with Crippen LogP contribution in [0.15, 0.2) is 24.5 Å². The molecule has 2 aromatic rings. The van der Waals surface area contributed by atoms with E-state index in [0.717, 1.165) is 44.1 Å². The normalized spacial score (nSPS) is 22.0. The van der Waals surface area contributed by atoms with E-state index >= 15 is 0 Å². The Hall–Kier alpha value is -1.82. The van der Waals surface area contributed by atoms with Crippen molar-refractivity contribution in [2.75, 3.05) is 6.54 Å². The maximum atomic E-state index is 14.1. The van der Waals surface area contributed by atoms with Crippen molar-refractivity contribution in [2.24, 2.45) is 5.92 Å². The molecule has 0 spiro atoms. The van der Waals surface area contributed by atoms with Gasteiger partial charge in [-0.25, -0.2) is 8.78 Å². The predicted octanol–water partition coefficient (Wildman–Crippen LogP) is 3.69. The van der Waals surface area contributed by atoms with Crippen molar-refractivity contribution in [3.63, 3.8) is 0 Å². The van der Waals surface area contributed by atoms with Gasteiger partial charge in [-0.05, 0) is 44.2 Å². The third kappa shape index (κ3) is 3.20.